The van der Waals surface area contributed by atoms with E-state index in [9.17, 15) is 4.79 Å². The van der Waals surface area contributed by atoms with Crippen LogP contribution in [0.2, 0.25) is 0 Å². The molecule has 2 rings (SSSR count). The van der Waals surface area contributed by atoms with E-state index in [2.05, 4.69) is 9.88 Å². The molecule has 0 unspecified atom stereocenters. The molecule has 0 saturated carbocycles. The molecule has 1 heterocycles. The Hall–Kier alpha value is -2.05. The average Bonchev–Trinajstić information content (AvgIpc) is 2.89. The van der Waals surface area contributed by atoms with Crippen LogP contribution in [0.25, 0.3) is 10.9 Å². The molecule has 0 saturated heterocycles. The molecule has 6 nitrogen and oxygen atoms in total. The standard InChI is InChI=1S/C16H22N2O4/c1-18(2)8-7-12-11-17-13-5-3-6-14(15(12)13)22-16(20)21-10-4-9-19/h3,5-6,11,17,19H,4,7-10H2,1-2H3. The van der Waals surface area contributed by atoms with Gasteiger partial charge in [-0.1, -0.05) is 6.07 Å². The Morgan fingerprint density at radius 3 is 2.91 bits per heavy atom. The number of hydrogen-bond acceptors (Lipinski definition) is 5. The summed E-state index contributed by atoms with van der Waals surface area (Å²) in [6, 6.07) is 5.52. The zero-order valence-electron chi connectivity index (χ0n) is 13.0. The van der Waals surface area contributed by atoms with Crippen LogP contribution in [0.15, 0.2) is 24.4 Å². The van der Waals surface area contributed by atoms with Crippen LogP contribution in [0.4, 0.5) is 4.79 Å². The van der Waals surface area contributed by atoms with Crippen LogP contribution in [-0.2, 0) is 11.2 Å². The summed E-state index contributed by atoms with van der Waals surface area (Å²) in [6.07, 6.45) is 2.45. The number of aliphatic hydroxyl groups is 1. The fourth-order valence-corrected chi connectivity index (χ4v) is 2.19. The number of aromatic nitrogens is 1. The van der Waals surface area contributed by atoms with Crippen molar-refractivity contribution in [3.8, 4) is 5.75 Å². The number of carbonyl (C=O) groups is 1. The number of H-pyrrole nitrogens is 1. The first-order chi connectivity index (χ1) is 10.6. The van der Waals surface area contributed by atoms with Gasteiger partial charge in [0.1, 0.15) is 5.75 Å². The number of aliphatic hydroxyl groups excluding tert-OH is 1. The van der Waals surface area contributed by atoms with E-state index in [1.807, 2.05) is 32.4 Å². The number of aromatic amines is 1. The Labute approximate surface area is 129 Å². The summed E-state index contributed by atoms with van der Waals surface area (Å²) in [5, 5.41) is 9.59. The third kappa shape index (κ3) is 4.22. The summed E-state index contributed by atoms with van der Waals surface area (Å²) in [4.78, 5) is 17.0. The van der Waals surface area contributed by atoms with Gasteiger partial charge in [-0.3, -0.25) is 0 Å². The van der Waals surface area contributed by atoms with Crippen molar-refractivity contribution in [3.63, 3.8) is 0 Å². The van der Waals surface area contributed by atoms with Crippen molar-refractivity contribution >= 4 is 17.1 Å². The fourth-order valence-electron chi connectivity index (χ4n) is 2.19. The van der Waals surface area contributed by atoms with Crippen molar-refractivity contribution in [1.82, 2.24) is 9.88 Å². The van der Waals surface area contributed by atoms with Gasteiger partial charge in [-0.25, -0.2) is 4.79 Å². The summed E-state index contributed by atoms with van der Waals surface area (Å²) in [5.74, 6) is 0.488. The van der Waals surface area contributed by atoms with Crippen LogP contribution in [0, 0.1) is 0 Å². The lowest BCUT2D eigenvalue weighted by Gasteiger charge is -2.10. The van der Waals surface area contributed by atoms with Gasteiger partial charge in [0.15, 0.2) is 0 Å². The normalized spacial score (nSPS) is 11.1. The van der Waals surface area contributed by atoms with Crippen LogP contribution >= 0.6 is 0 Å². The maximum absolute atomic E-state index is 11.7. The second-order valence-electron chi connectivity index (χ2n) is 5.32. The molecule has 0 radical (unpaired) electrons. The van der Waals surface area contributed by atoms with Crippen molar-refractivity contribution in [2.24, 2.45) is 0 Å². The summed E-state index contributed by atoms with van der Waals surface area (Å²) in [5.41, 5.74) is 2.02. The van der Waals surface area contributed by atoms with Crippen molar-refractivity contribution in [2.75, 3.05) is 33.9 Å². The molecule has 120 valence electrons. The van der Waals surface area contributed by atoms with Crippen molar-refractivity contribution in [1.29, 1.82) is 0 Å². The lowest BCUT2D eigenvalue weighted by atomic mass is 10.1. The maximum atomic E-state index is 11.7. The third-order valence-electron chi connectivity index (χ3n) is 3.29. The van der Waals surface area contributed by atoms with E-state index in [0.717, 1.165) is 29.4 Å². The van der Waals surface area contributed by atoms with Crippen LogP contribution < -0.4 is 4.74 Å². The number of hydrogen-bond donors (Lipinski definition) is 2. The van der Waals surface area contributed by atoms with Gasteiger partial charge in [0.2, 0.25) is 0 Å². The Morgan fingerprint density at radius 2 is 2.18 bits per heavy atom. The number of carbonyl (C=O) groups excluding carboxylic acids is 1. The number of fused-ring (bicyclic) bond motifs is 1. The third-order valence-corrected chi connectivity index (χ3v) is 3.29. The second-order valence-corrected chi connectivity index (χ2v) is 5.32. The largest absolute Gasteiger partial charge is 0.513 e. The first-order valence-corrected chi connectivity index (χ1v) is 7.31. The number of ether oxygens (including phenoxy) is 2. The second kappa shape index (κ2) is 7.82. The molecule has 0 aliphatic carbocycles. The number of rotatable bonds is 7. The van der Waals surface area contributed by atoms with Gasteiger partial charge < -0.3 is 24.5 Å². The van der Waals surface area contributed by atoms with Crippen molar-refractivity contribution in [3.05, 3.63) is 30.0 Å². The van der Waals surface area contributed by atoms with E-state index in [1.165, 1.54) is 0 Å². The summed E-state index contributed by atoms with van der Waals surface area (Å²) in [7, 11) is 4.04. The van der Waals surface area contributed by atoms with E-state index in [-0.39, 0.29) is 13.2 Å². The molecule has 0 aliphatic heterocycles. The molecule has 2 N–H and O–H groups in total. The molecule has 0 amide bonds. The summed E-state index contributed by atoms with van der Waals surface area (Å²) < 4.78 is 10.2. The van der Waals surface area contributed by atoms with Crippen LogP contribution in [-0.4, -0.2) is 55.0 Å². The minimum Gasteiger partial charge on any atom is -0.434 e. The summed E-state index contributed by atoms with van der Waals surface area (Å²) in [6.45, 7) is 1.03. The molecule has 22 heavy (non-hydrogen) atoms. The number of nitrogens with zero attached hydrogens (tertiary/aromatic N) is 1. The number of likely N-dealkylation sites (N-methyl/N-ethyl adjacent to an activating group) is 1. The zero-order valence-corrected chi connectivity index (χ0v) is 13.0. The summed E-state index contributed by atoms with van der Waals surface area (Å²) >= 11 is 0. The first kappa shape index (κ1) is 16.3. The fraction of sp³-hybridized carbons (Fsp3) is 0.438. The van der Waals surface area contributed by atoms with E-state index >= 15 is 0 Å². The molecule has 0 bridgehead atoms. The van der Waals surface area contributed by atoms with Gasteiger partial charge in [-0.2, -0.15) is 0 Å². The predicted molar refractivity (Wildman–Crippen MR) is 84.2 cm³/mol. The van der Waals surface area contributed by atoms with Crippen LogP contribution in [0.1, 0.15) is 12.0 Å². The molecular weight excluding hydrogens is 284 g/mol. The van der Waals surface area contributed by atoms with E-state index in [4.69, 9.17) is 14.6 Å². The van der Waals surface area contributed by atoms with E-state index in [1.54, 1.807) is 6.07 Å². The van der Waals surface area contributed by atoms with Crippen LogP contribution in [0.3, 0.4) is 0 Å². The number of benzene rings is 1. The molecule has 2 aromatic rings. The SMILES string of the molecule is CN(C)CCc1c[nH]c2cccc(OC(=O)OCCCO)c12. The Kier molecular flexibility index (Phi) is 5.80. The molecular formula is C16H22N2O4. The monoisotopic (exact) mass is 306 g/mol. The minimum absolute atomic E-state index is 0.0185. The lowest BCUT2D eigenvalue weighted by Crippen LogP contribution is -2.15. The van der Waals surface area contributed by atoms with Crippen molar-refractivity contribution < 1.29 is 19.4 Å². The Morgan fingerprint density at radius 1 is 1.36 bits per heavy atom. The minimum atomic E-state index is -0.749. The number of nitrogens with one attached hydrogen (secondary N) is 1. The molecule has 1 aromatic carbocycles. The molecule has 0 aliphatic rings. The predicted octanol–water partition coefficient (Wildman–Crippen LogP) is 2.17. The van der Waals surface area contributed by atoms with E-state index in [0.29, 0.717) is 12.2 Å². The van der Waals surface area contributed by atoms with Gasteiger partial charge in [-0.05, 0) is 38.2 Å². The van der Waals surface area contributed by atoms with Gasteiger partial charge in [0.05, 0.1) is 6.61 Å². The zero-order chi connectivity index (χ0) is 15.9. The molecule has 0 spiro atoms. The van der Waals surface area contributed by atoms with Gasteiger partial charge in [0.25, 0.3) is 0 Å². The topological polar surface area (TPSA) is 74.8 Å². The lowest BCUT2D eigenvalue weighted by molar-refractivity contribution is 0.0929. The smallest absolute Gasteiger partial charge is 0.434 e. The Balaban J connectivity index is 2.14. The highest BCUT2D eigenvalue weighted by atomic mass is 16.7. The quantitative estimate of drug-likeness (QED) is 0.466. The van der Waals surface area contributed by atoms with Gasteiger partial charge in [-0.15, -0.1) is 0 Å². The first-order valence-electron chi connectivity index (χ1n) is 7.31. The maximum Gasteiger partial charge on any atom is 0.513 e. The molecule has 0 atom stereocenters. The molecule has 1 aromatic heterocycles. The van der Waals surface area contributed by atoms with Gasteiger partial charge >= 0.3 is 6.16 Å². The average molecular weight is 306 g/mol. The Bertz CT molecular complexity index is 622. The van der Waals surface area contributed by atoms with E-state index < -0.39 is 6.16 Å². The highest BCUT2D eigenvalue weighted by Gasteiger charge is 2.13. The highest BCUT2D eigenvalue weighted by molar-refractivity contribution is 5.90. The molecule has 0 fully saturated rings. The van der Waals surface area contributed by atoms with Crippen molar-refractivity contribution in [2.45, 2.75) is 12.8 Å². The molecule has 6 heteroatoms. The highest BCUT2D eigenvalue weighted by Crippen LogP contribution is 2.29. The van der Waals surface area contributed by atoms with Gasteiger partial charge in [0, 0.05) is 36.7 Å². The van der Waals surface area contributed by atoms with Crippen LogP contribution in [0.5, 0.6) is 5.75 Å².